The van der Waals surface area contributed by atoms with Gasteiger partial charge < -0.3 is 20.3 Å². The van der Waals surface area contributed by atoms with Crippen LogP contribution in [0, 0.1) is 0 Å². The van der Waals surface area contributed by atoms with Crippen molar-refractivity contribution in [3.05, 3.63) is 23.8 Å². The molecule has 0 radical (unpaired) electrons. The molecule has 0 fully saturated rings. The molecule has 0 spiro atoms. The second kappa shape index (κ2) is 3.88. The molecule has 1 aliphatic heterocycles. The van der Waals surface area contributed by atoms with Gasteiger partial charge in [0.05, 0.1) is 0 Å². The maximum Gasteiger partial charge on any atom is 0.586 e. The molecule has 0 bridgehead atoms. The van der Waals surface area contributed by atoms with Crippen LogP contribution < -0.4 is 15.2 Å². The smallest absolute Gasteiger partial charge is 0.396 e. The first-order valence-electron chi connectivity index (χ1n) is 4.78. The summed E-state index contributed by atoms with van der Waals surface area (Å²) in [6.45, 7) is -0.123. The van der Waals surface area contributed by atoms with Crippen molar-refractivity contribution in [2.24, 2.45) is 5.73 Å². The molecule has 6 heteroatoms. The van der Waals surface area contributed by atoms with E-state index in [2.05, 4.69) is 9.47 Å². The van der Waals surface area contributed by atoms with Crippen molar-refractivity contribution in [2.75, 3.05) is 6.61 Å². The molecule has 0 unspecified atom stereocenters. The lowest BCUT2D eigenvalue weighted by molar-refractivity contribution is -0.287. The topological polar surface area (TPSA) is 64.7 Å². The standard InChI is InChI=1S/C10H11F2NO3/c11-10(12)15-8-3-1-2-6(9(8)16-10)7(13)4-5-14/h1-3,7,14H,4-5,13H2/t7-/m1/s1. The SMILES string of the molecule is N[C@H](CCO)c1cccc2c1OC(F)(F)O2. The number of nitrogens with two attached hydrogens (primary N) is 1. The molecule has 0 saturated carbocycles. The Morgan fingerprint density at radius 2 is 2.12 bits per heavy atom. The molecule has 0 amide bonds. The van der Waals surface area contributed by atoms with Crippen LogP contribution in [0.25, 0.3) is 0 Å². The summed E-state index contributed by atoms with van der Waals surface area (Å²) in [5.74, 6) is -0.0793. The van der Waals surface area contributed by atoms with E-state index in [9.17, 15) is 8.78 Å². The highest BCUT2D eigenvalue weighted by Gasteiger charge is 2.44. The van der Waals surface area contributed by atoms with Crippen LogP contribution in [-0.4, -0.2) is 18.0 Å². The normalized spacial score (nSPS) is 18.5. The molecule has 2 rings (SSSR count). The number of fused-ring (bicyclic) bond motifs is 1. The zero-order valence-corrected chi connectivity index (χ0v) is 8.32. The van der Waals surface area contributed by atoms with Gasteiger partial charge in [0.1, 0.15) is 0 Å². The van der Waals surface area contributed by atoms with Crippen molar-refractivity contribution >= 4 is 0 Å². The van der Waals surface area contributed by atoms with Gasteiger partial charge in [0.15, 0.2) is 11.5 Å². The molecule has 0 aliphatic carbocycles. The fraction of sp³-hybridized carbons (Fsp3) is 0.400. The van der Waals surface area contributed by atoms with Crippen molar-refractivity contribution in [1.82, 2.24) is 0 Å². The molecule has 0 saturated heterocycles. The van der Waals surface area contributed by atoms with Crippen molar-refractivity contribution in [3.8, 4) is 11.5 Å². The summed E-state index contributed by atoms with van der Waals surface area (Å²) in [6, 6.07) is 3.95. The van der Waals surface area contributed by atoms with E-state index in [-0.39, 0.29) is 24.5 Å². The van der Waals surface area contributed by atoms with E-state index in [0.29, 0.717) is 5.56 Å². The molecule has 1 aromatic rings. The van der Waals surface area contributed by atoms with E-state index >= 15 is 0 Å². The third-order valence-corrected chi connectivity index (χ3v) is 2.30. The number of hydrogen-bond donors (Lipinski definition) is 2. The van der Waals surface area contributed by atoms with Crippen LogP contribution in [0.2, 0.25) is 0 Å². The van der Waals surface area contributed by atoms with E-state index in [1.54, 1.807) is 12.1 Å². The van der Waals surface area contributed by atoms with Crippen LogP contribution in [0.1, 0.15) is 18.0 Å². The molecular formula is C10H11F2NO3. The minimum Gasteiger partial charge on any atom is -0.396 e. The lowest BCUT2D eigenvalue weighted by atomic mass is 10.0. The first-order valence-corrected chi connectivity index (χ1v) is 4.78. The Morgan fingerprint density at radius 3 is 2.81 bits per heavy atom. The molecule has 4 nitrogen and oxygen atoms in total. The minimum atomic E-state index is -3.64. The largest absolute Gasteiger partial charge is 0.586 e. The molecule has 1 aromatic carbocycles. The minimum absolute atomic E-state index is 0.0316. The number of hydrogen-bond acceptors (Lipinski definition) is 4. The second-order valence-electron chi connectivity index (χ2n) is 3.46. The summed E-state index contributed by atoms with van der Waals surface area (Å²) in [5.41, 5.74) is 6.13. The van der Waals surface area contributed by atoms with E-state index in [1.165, 1.54) is 6.07 Å². The van der Waals surface area contributed by atoms with E-state index in [0.717, 1.165) is 0 Å². The van der Waals surface area contributed by atoms with Crippen molar-refractivity contribution in [2.45, 2.75) is 18.8 Å². The van der Waals surface area contributed by atoms with Crippen LogP contribution in [-0.2, 0) is 0 Å². The number of benzene rings is 1. The Balaban J connectivity index is 2.33. The molecule has 88 valence electrons. The highest BCUT2D eigenvalue weighted by Crippen LogP contribution is 2.44. The van der Waals surface area contributed by atoms with E-state index in [1.807, 2.05) is 0 Å². The lowest BCUT2D eigenvalue weighted by Crippen LogP contribution is -2.26. The number of aliphatic hydroxyl groups is 1. The maximum atomic E-state index is 12.8. The van der Waals surface area contributed by atoms with Gasteiger partial charge in [-0.3, -0.25) is 0 Å². The lowest BCUT2D eigenvalue weighted by Gasteiger charge is -2.12. The summed E-state index contributed by atoms with van der Waals surface area (Å²) in [4.78, 5) is 0. The summed E-state index contributed by atoms with van der Waals surface area (Å²) in [6.07, 6.45) is -3.37. The number of rotatable bonds is 3. The van der Waals surface area contributed by atoms with Gasteiger partial charge >= 0.3 is 6.29 Å². The fourth-order valence-electron chi connectivity index (χ4n) is 1.58. The Hall–Kier alpha value is -1.40. The number of ether oxygens (including phenoxy) is 2. The predicted octanol–water partition coefficient (Wildman–Crippen LogP) is 1.39. The Labute approximate surface area is 90.6 Å². The molecule has 0 aromatic heterocycles. The van der Waals surface area contributed by atoms with Gasteiger partial charge in [-0.1, -0.05) is 12.1 Å². The van der Waals surface area contributed by atoms with E-state index < -0.39 is 12.3 Å². The van der Waals surface area contributed by atoms with Gasteiger partial charge in [0.25, 0.3) is 0 Å². The van der Waals surface area contributed by atoms with Gasteiger partial charge in [-0.15, -0.1) is 8.78 Å². The van der Waals surface area contributed by atoms with Gasteiger partial charge in [-0.25, -0.2) is 0 Å². The second-order valence-corrected chi connectivity index (χ2v) is 3.46. The van der Waals surface area contributed by atoms with Crippen LogP contribution >= 0.6 is 0 Å². The molecule has 16 heavy (non-hydrogen) atoms. The van der Waals surface area contributed by atoms with E-state index in [4.69, 9.17) is 10.8 Å². The highest BCUT2D eigenvalue weighted by molar-refractivity contribution is 5.50. The maximum absolute atomic E-state index is 12.8. The van der Waals surface area contributed by atoms with Gasteiger partial charge in [0, 0.05) is 18.2 Å². The third kappa shape index (κ3) is 1.94. The highest BCUT2D eigenvalue weighted by atomic mass is 19.3. The molecular weight excluding hydrogens is 220 g/mol. The summed E-state index contributed by atoms with van der Waals surface area (Å²) in [7, 11) is 0. The van der Waals surface area contributed by atoms with Crippen LogP contribution in [0.3, 0.4) is 0 Å². The van der Waals surface area contributed by atoms with Crippen LogP contribution in [0.4, 0.5) is 8.78 Å². The van der Waals surface area contributed by atoms with Gasteiger partial charge in [0.2, 0.25) is 0 Å². The van der Waals surface area contributed by atoms with Crippen molar-refractivity contribution in [3.63, 3.8) is 0 Å². The Bertz CT molecular complexity index is 398. The van der Waals surface area contributed by atoms with Gasteiger partial charge in [-0.05, 0) is 12.5 Å². The number of alkyl halides is 2. The Morgan fingerprint density at radius 1 is 1.38 bits per heavy atom. The summed E-state index contributed by atoms with van der Waals surface area (Å²) >= 11 is 0. The Kier molecular flexibility index (Phi) is 2.69. The first-order chi connectivity index (χ1) is 7.53. The molecule has 1 atom stereocenters. The van der Waals surface area contributed by atoms with Gasteiger partial charge in [-0.2, -0.15) is 0 Å². The number of halogens is 2. The zero-order valence-electron chi connectivity index (χ0n) is 8.32. The number of aliphatic hydroxyl groups excluding tert-OH is 1. The van der Waals surface area contributed by atoms with Crippen LogP contribution in [0.15, 0.2) is 18.2 Å². The third-order valence-electron chi connectivity index (χ3n) is 2.30. The monoisotopic (exact) mass is 231 g/mol. The first kappa shape index (κ1) is 11.1. The van der Waals surface area contributed by atoms with Crippen molar-refractivity contribution in [1.29, 1.82) is 0 Å². The summed E-state index contributed by atoms with van der Waals surface area (Å²) < 4.78 is 34.3. The van der Waals surface area contributed by atoms with Crippen molar-refractivity contribution < 1.29 is 23.4 Å². The summed E-state index contributed by atoms with van der Waals surface area (Å²) in [5, 5.41) is 8.75. The number of para-hydroxylation sites is 1. The predicted molar refractivity (Wildman–Crippen MR) is 51.3 cm³/mol. The van der Waals surface area contributed by atoms with Crippen LogP contribution in [0.5, 0.6) is 11.5 Å². The average Bonchev–Trinajstić information content (AvgIpc) is 2.51. The molecule has 1 heterocycles. The zero-order chi connectivity index (χ0) is 11.8. The average molecular weight is 231 g/mol. The molecule has 3 N–H and O–H groups in total. The fourth-order valence-corrected chi connectivity index (χ4v) is 1.58. The molecule has 1 aliphatic rings. The quantitative estimate of drug-likeness (QED) is 0.825.